The van der Waals surface area contributed by atoms with Crippen LogP contribution in [-0.4, -0.2) is 123 Å². The maximum absolute atomic E-state index is 13.2. The third-order valence-corrected chi connectivity index (χ3v) is 9.91. The summed E-state index contributed by atoms with van der Waals surface area (Å²) in [5.74, 6) is -1.45. The van der Waals surface area contributed by atoms with Gasteiger partial charge in [-0.2, -0.15) is 0 Å². The molecule has 2 amide bonds. The van der Waals surface area contributed by atoms with Crippen molar-refractivity contribution in [3.05, 3.63) is 0 Å². The number of rotatable bonds is 16. The second-order valence-electron chi connectivity index (χ2n) is 12.3. The molecular weight excluding hydrogens is 596 g/mol. The van der Waals surface area contributed by atoms with Crippen LogP contribution >= 0.6 is 11.8 Å². The van der Waals surface area contributed by atoms with E-state index in [4.69, 9.17) is 18.9 Å². The molecule has 0 aromatic heterocycles. The normalized spacial score (nSPS) is 36.3. The minimum absolute atomic E-state index is 0.00412. The van der Waals surface area contributed by atoms with E-state index in [-0.39, 0.29) is 24.4 Å². The quantitative estimate of drug-likeness (QED) is 0.101. The van der Waals surface area contributed by atoms with Crippen LogP contribution < -0.4 is 10.6 Å². The zero-order chi connectivity index (χ0) is 33.2. The minimum atomic E-state index is -1.86. The van der Waals surface area contributed by atoms with Crippen molar-refractivity contribution in [1.29, 1.82) is 0 Å². The lowest BCUT2D eigenvalue weighted by molar-refractivity contribution is -0.356. The molecule has 11 atom stereocenters. The largest absolute Gasteiger partial charge is 0.463 e. The first-order valence-corrected chi connectivity index (χ1v) is 16.7. The fourth-order valence-electron chi connectivity index (χ4n) is 5.61. The number of amides is 2. The van der Waals surface area contributed by atoms with E-state index in [1.807, 2.05) is 0 Å². The van der Waals surface area contributed by atoms with Crippen molar-refractivity contribution in [3.8, 4) is 0 Å². The van der Waals surface area contributed by atoms with Gasteiger partial charge in [0.15, 0.2) is 6.29 Å². The number of thioether (sulfide) groups is 1. The molecular formula is C30H54N2O11S. The molecule has 2 saturated heterocycles. The smallest absolute Gasteiger partial charge is 0.318 e. The van der Waals surface area contributed by atoms with Crippen molar-refractivity contribution in [1.82, 2.24) is 10.6 Å². The van der Waals surface area contributed by atoms with Gasteiger partial charge in [0.1, 0.15) is 36.6 Å². The van der Waals surface area contributed by atoms with Gasteiger partial charge in [0, 0.05) is 12.8 Å². The van der Waals surface area contributed by atoms with Crippen LogP contribution in [0.15, 0.2) is 0 Å². The summed E-state index contributed by atoms with van der Waals surface area (Å²) in [6.45, 7) is 10.6. The number of aliphatic hydroxyl groups is 4. The van der Waals surface area contributed by atoms with Crippen LogP contribution in [-0.2, 0) is 33.3 Å². The molecule has 0 aromatic rings. The number of ether oxygens (including phenoxy) is 4. The molecule has 0 aromatic carbocycles. The first-order chi connectivity index (χ1) is 20.6. The summed E-state index contributed by atoms with van der Waals surface area (Å²) in [5.41, 5.74) is -3.53. The van der Waals surface area contributed by atoms with E-state index in [2.05, 4.69) is 17.6 Å². The third kappa shape index (κ3) is 9.74. The molecule has 2 heterocycles. The Hall–Kier alpha value is -1.52. The van der Waals surface area contributed by atoms with Crippen LogP contribution in [0.5, 0.6) is 0 Å². The molecule has 0 aliphatic carbocycles. The average molecular weight is 651 g/mol. The van der Waals surface area contributed by atoms with Gasteiger partial charge in [0.2, 0.25) is 11.8 Å². The summed E-state index contributed by atoms with van der Waals surface area (Å²) in [6.07, 6.45) is -2.07. The second kappa shape index (κ2) is 17.4. The highest BCUT2D eigenvalue weighted by Crippen LogP contribution is 2.40. The van der Waals surface area contributed by atoms with Crippen molar-refractivity contribution in [2.75, 3.05) is 25.5 Å². The standard InChI is InChI=1S/C30H54N2O11S/c1-8-9-10-11-12-15-44-19(4)27(38)40-14-13-31-26(37)22-17(2)29(6,39)25(36)28(42-22)43-30(7)23(32-20(5)34)18(3)41-21(16-33)24(30)35/h17-19,21-25,28,33,35-36,39H,8-16H2,1-7H3,(H,31,37)(H,32,34)/t17-,18+,19?,21?,22?,23?,24-,25?,28+,29+,30-/m1/s1. The Morgan fingerprint density at radius 1 is 1.05 bits per heavy atom. The molecule has 256 valence electrons. The molecule has 0 bridgehead atoms. The van der Waals surface area contributed by atoms with E-state index < -0.39 is 78.4 Å². The van der Waals surface area contributed by atoms with Crippen molar-refractivity contribution in [3.63, 3.8) is 0 Å². The van der Waals surface area contributed by atoms with Crippen LogP contribution in [0.3, 0.4) is 0 Å². The minimum Gasteiger partial charge on any atom is -0.463 e. The molecule has 2 aliphatic heterocycles. The van der Waals surface area contributed by atoms with Gasteiger partial charge in [-0.25, -0.2) is 0 Å². The molecule has 5 unspecified atom stereocenters. The van der Waals surface area contributed by atoms with Gasteiger partial charge in [-0.05, 0) is 39.9 Å². The Bertz CT molecular complexity index is 941. The third-order valence-electron chi connectivity index (χ3n) is 8.69. The molecule has 6 N–H and O–H groups in total. The van der Waals surface area contributed by atoms with E-state index in [1.54, 1.807) is 20.8 Å². The van der Waals surface area contributed by atoms with Crippen LogP contribution in [0.1, 0.15) is 80.6 Å². The highest BCUT2D eigenvalue weighted by Gasteiger charge is 2.59. The van der Waals surface area contributed by atoms with Gasteiger partial charge in [-0.1, -0.05) is 39.5 Å². The number of carbonyl (C=O) groups is 3. The SMILES string of the molecule is CCCCCCCSC(C)C(=O)OCCNC(=O)C1O[C@@H](O[C@]2(C)C(NC(C)=O)[C@H](C)OC(CO)[C@H]2O)C(O)[C@@](C)(O)[C@@H]1C. The number of aliphatic hydroxyl groups excluding tert-OH is 3. The number of hydrogen-bond donors (Lipinski definition) is 6. The summed E-state index contributed by atoms with van der Waals surface area (Å²) in [5, 5.41) is 48.2. The van der Waals surface area contributed by atoms with Crippen LogP contribution in [0.4, 0.5) is 0 Å². The fourth-order valence-corrected chi connectivity index (χ4v) is 6.54. The summed E-state index contributed by atoms with van der Waals surface area (Å²) in [6, 6.07) is -0.943. The number of nitrogens with one attached hydrogen (secondary N) is 2. The van der Waals surface area contributed by atoms with E-state index in [9.17, 15) is 34.8 Å². The monoisotopic (exact) mass is 650 g/mol. The first kappa shape index (κ1) is 38.7. The van der Waals surface area contributed by atoms with Crippen molar-refractivity contribution in [2.24, 2.45) is 5.92 Å². The number of hydrogen-bond acceptors (Lipinski definition) is 12. The van der Waals surface area contributed by atoms with E-state index in [0.717, 1.165) is 18.6 Å². The Labute approximate surface area is 265 Å². The summed E-state index contributed by atoms with van der Waals surface area (Å²) >= 11 is 1.54. The molecule has 13 nitrogen and oxygen atoms in total. The van der Waals surface area contributed by atoms with Crippen molar-refractivity contribution >= 4 is 29.5 Å². The summed E-state index contributed by atoms with van der Waals surface area (Å²) in [7, 11) is 0. The number of carbonyl (C=O) groups excluding carboxylic acids is 3. The molecule has 0 spiro atoms. The molecule has 14 heteroatoms. The van der Waals surface area contributed by atoms with Crippen molar-refractivity contribution < 1.29 is 53.8 Å². The predicted molar refractivity (Wildman–Crippen MR) is 164 cm³/mol. The molecule has 2 rings (SSSR count). The van der Waals surface area contributed by atoms with E-state index in [0.29, 0.717) is 0 Å². The lowest BCUT2D eigenvalue weighted by Crippen LogP contribution is -2.73. The van der Waals surface area contributed by atoms with Crippen LogP contribution in [0.2, 0.25) is 0 Å². The highest BCUT2D eigenvalue weighted by atomic mass is 32.2. The maximum Gasteiger partial charge on any atom is 0.318 e. The van der Waals surface area contributed by atoms with Crippen LogP contribution in [0, 0.1) is 5.92 Å². The highest BCUT2D eigenvalue weighted by molar-refractivity contribution is 8.00. The van der Waals surface area contributed by atoms with Gasteiger partial charge in [0.05, 0.1) is 36.1 Å². The number of unbranched alkanes of at least 4 members (excludes halogenated alkanes) is 4. The number of esters is 1. The first-order valence-electron chi connectivity index (χ1n) is 15.6. The van der Waals surface area contributed by atoms with Gasteiger partial charge in [-0.3, -0.25) is 14.4 Å². The Morgan fingerprint density at radius 2 is 1.70 bits per heavy atom. The maximum atomic E-state index is 13.2. The Morgan fingerprint density at radius 3 is 2.32 bits per heavy atom. The molecule has 2 fully saturated rings. The average Bonchev–Trinajstić information content (AvgIpc) is 2.97. The van der Waals surface area contributed by atoms with Crippen LogP contribution in [0.25, 0.3) is 0 Å². The lowest BCUT2D eigenvalue weighted by Gasteiger charge is -2.54. The lowest BCUT2D eigenvalue weighted by atomic mass is 9.78. The fraction of sp³-hybridized carbons (Fsp3) is 0.900. The van der Waals surface area contributed by atoms with Gasteiger partial charge < -0.3 is 50.0 Å². The van der Waals surface area contributed by atoms with E-state index in [1.165, 1.54) is 51.8 Å². The van der Waals surface area contributed by atoms with Crippen molar-refractivity contribution in [2.45, 2.75) is 140 Å². The molecule has 0 radical (unpaired) electrons. The Kier molecular flexibility index (Phi) is 15.3. The molecule has 2 aliphatic rings. The molecule has 44 heavy (non-hydrogen) atoms. The summed E-state index contributed by atoms with van der Waals surface area (Å²) in [4.78, 5) is 37.5. The van der Waals surface area contributed by atoms with Gasteiger partial charge >= 0.3 is 5.97 Å². The zero-order valence-corrected chi connectivity index (χ0v) is 27.9. The summed E-state index contributed by atoms with van der Waals surface area (Å²) < 4.78 is 23.0. The van der Waals surface area contributed by atoms with Gasteiger partial charge in [0.25, 0.3) is 0 Å². The van der Waals surface area contributed by atoms with Gasteiger partial charge in [-0.15, -0.1) is 11.8 Å². The Balaban J connectivity index is 2.02. The van der Waals surface area contributed by atoms with E-state index >= 15 is 0 Å². The second-order valence-corrected chi connectivity index (χ2v) is 13.7. The topological polar surface area (TPSA) is 193 Å². The zero-order valence-electron chi connectivity index (χ0n) is 27.1. The molecule has 0 saturated carbocycles. The predicted octanol–water partition coefficient (Wildman–Crippen LogP) is 0.631.